The zero-order valence-electron chi connectivity index (χ0n) is 10.8. The van der Waals surface area contributed by atoms with Crippen molar-refractivity contribution in [1.82, 2.24) is 5.32 Å². The molecule has 0 aromatic heterocycles. The fraction of sp³-hybridized carbons (Fsp3) is 0.667. The molecule has 1 atom stereocenters. The summed E-state index contributed by atoms with van der Waals surface area (Å²) >= 11 is 0. The summed E-state index contributed by atoms with van der Waals surface area (Å²) in [6.07, 6.45) is 3.08. The van der Waals surface area contributed by atoms with Crippen LogP contribution in [0, 0.1) is 5.92 Å². The Morgan fingerprint density at radius 2 is 2.00 bits per heavy atom. The van der Waals surface area contributed by atoms with Gasteiger partial charge in [-0.05, 0) is 26.7 Å². The highest BCUT2D eigenvalue weighted by Gasteiger charge is 2.14. The number of alkyl carbamates (subject to hydrolysis) is 1. The Balaban J connectivity index is 3.80. The highest BCUT2D eigenvalue weighted by molar-refractivity contribution is 5.68. The SMILES string of the molecule is C[C@@H](/C=C/CNC(=O)OC(C)(C)C)CC(=O)O. The third-order valence-corrected chi connectivity index (χ3v) is 1.72. The van der Waals surface area contributed by atoms with E-state index in [1.165, 1.54) is 0 Å². The lowest BCUT2D eigenvalue weighted by atomic mass is 10.1. The van der Waals surface area contributed by atoms with Crippen molar-refractivity contribution < 1.29 is 19.4 Å². The molecule has 0 heterocycles. The van der Waals surface area contributed by atoms with E-state index in [9.17, 15) is 9.59 Å². The van der Waals surface area contributed by atoms with E-state index >= 15 is 0 Å². The summed E-state index contributed by atoms with van der Waals surface area (Å²) in [6, 6.07) is 0. The zero-order chi connectivity index (χ0) is 13.5. The van der Waals surface area contributed by atoms with Crippen molar-refractivity contribution in [2.75, 3.05) is 6.54 Å². The molecule has 0 spiro atoms. The largest absolute Gasteiger partial charge is 0.481 e. The number of carbonyl (C=O) groups excluding carboxylic acids is 1. The first kappa shape index (κ1) is 15.5. The molecule has 0 aliphatic carbocycles. The monoisotopic (exact) mass is 243 g/mol. The quantitative estimate of drug-likeness (QED) is 0.726. The number of amides is 1. The van der Waals surface area contributed by atoms with Crippen LogP contribution in [0.1, 0.15) is 34.1 Å². The molecule has 0 fully saturated rings. The van der Waals surface area contributed by atoms with Gasteiger partial charge in [-0.25, -0.2) is 4.79 Å². The molecule has 0 aromatic rings. The van der Waals surface area contributed by atoms with E-state index in [4.69, 9.17) is 9.84 Å². The van der Waals surface area contributed by atoms with Crippen LogP contribution in [0.2, 0.25) is 0 Å². The number of carboxylic acid groups (broad SMARTS) is 1. The molecule has 0 aliphatic rings. The van der Waals surface area contributed by atoms with Crippen LogP contribution in [0.5, 0.6) is 0 Å². The molecule has 0 bridgehead atoms. The maximum atomic E-state index is 11.2. The number of nitrogens with one attached hydrogen (secondary N) is 1. The predicted molar refractivity (Wildman–Crippen MR) is 64.8 cm³/mol. The summed E-state index contributed by atoms with van der Waals surface area (Å²) < 4.78 is 5.03. The van der Waals surface area contributed by atoms with Crippen LogP contribution in [-0.2, 0) is 9.53 Å². The second-order valence-corrected chi connectivity index (χ2v) is 4.89. The first-order valence-electron chi connectivity index (χ1n) is 5.56. The van der Waals surface area contributed by atoms with Gasteiger partial charge in [-0.3, -0.25) is 4.79 Å². The summed E-state index contributed by atoms with van der Waals surface area (Å²) in [7, 11) is 0. The first-order valence-corrected chi connectivity index (χ1v) is 5.56. The van der Waals surface area contributed by atoms with Crippen LogP contribution in [0.15, 0.2) is 12.2 Å². The first-order chi connectivity index (χ1) is 7.70. The molecule has 0 radical (unpaired) electrons. The second-order valence-electron chi connectivity index (χ2n) is 4.89. The Morgan fingerprint density at radius 3 is 2.47 bits per heavy atom. The topological polar surface area (TPSA) is 75.6 Å². The molecule has 5 nitrogen and oxygen atoms in total. The van der Waals surface area contributed by atoms with Gasteiger partial charge >= 0.3 is 12.1 Å². The number of ether oxygens (including phenoxy) is 1. The fourth-order valence-corrected chi connectivity index (χ4v) is 1.10. The number of carboxylic acids is 1. The molecule has 0 aliphatic heterocycles. The van der Waals surface area contributed by atoms with E-state index in [0.29, 0.717) is 6.54 Å². The molecule has 1 amide bonds. The van der Waals surface area contributed by atoms with Gasteiger partial charge in [0.1, 0.15) is 5.60 Å². The molecule has 0 aromatic carbocycles. The third kappa shape index (κ3) is 10.8. The highest BCUT2D eigenvalue weighted by atomic mass is 16.6. The van der Waals surface area contributed by atoms with Crippen molar-refractivity contribution in [3.8, 4) is 0 Å². The van der Waals surface area contributed by atoms with Gasteiger partial charge in [-0.2, -0.15) is 0 Å². The van der Waals surface area contributed by atoms with Crippen LogP contribution in [-0.4, -0.2) is 29.3 Å². The van der Waals surface area contributed by atoms with Crippen molar-refractivity contribution in [1.29, 1.82) is 0 Å². The van der Waals surface area contributed by atoms with Gasteiger partial charge in [0.15, 0.2) is 0 Å². The van der Waals surface area contributed by atoms with Crippen molar-refractivity contribution in [3.63, 3.8) is 0 Å². The van der Waals surface area contributed by atoms with E-state index in [2.05, 4.69) is 5.32 Å². The number of aliphatic carboxylic acids is 1. The molecular formula is C12H21NO4. The molecule has 98 valence electrons. The summed E-state index contributed by atoms with van der Waals surface area (Å²) in [4.78, 5) is 21.6. The van der Waals surface area contributed by atoms with Crippen LogP contribution < -0.4 is 5.32 Å². The van der Waals surface area contributed by atoms with Gasteiger partial charge in [0.2, 0.25) is 0 Å². The maximum Gasteiger partial charge on any atom is 0.407 e. The van der Waals surface area contributed by atoms with Crippen LogP contribution in [0.3, 0.4) is 0 Å². The minimum absolute atomic E-state index is 0.0482. The van der Waals surface area contributed by atoms with Crippen molar-refractivity contribution in [2.24, 2.45) is 5.92 Å². The van der Waals surface area contributed by atoms with Crippen molar-refractivity contribution in [3.05, 3.63) is 12.2 Å². The van der Waals surface area contributed by atoms with Crippen LogP contribution in [0.4, 0.5) is 4.79 Å². The average Bonchev–Trinajstić information content (AvgIpc) is 2.08. The molecule has 5 heteroatoms. The Labute approximate surface area is 102 Å². The maximum absolute atomic E-state index is 11.2. The van der Waals surface area contributed by atoms with Crippen LogP contribution >= 0.6 is 0 Å². The Morgan fingerprint density at radius 1 is 1.41 bits per heavy atom. The summed E-state index contributed by atoms with van der Waals surface area (Å²) in [5, 5.41) is 11.1. The minimum atomic E-state index is -0.831. The third-order valence-electron chi connectivity index (χ3n) is 1.72. The van der Waals surface area contributed by atoms with Crippen molar-refractivity contribution in [2.45, 2.75) is 39.7 Å². The van der Waals surface area contributed by atoms with E-state index in [0.717, 1.165) is 0 Å². The molecule has 0 rings (SSSR count). The van der Waals surface area contributed by atoms with E-state index in [1.54, 1.807) is 39.8 Å². The number of carbonyl (C=O) groups is 2. The van der Waals surface area contributed by atoms with E-state index in [-0.39, 0.29) is 12.3 Å². The van der Waals surface area contributed by atoms with Crippen LogP contribution in [0.25, 0.3) is 0 Å². The molecule has 17 heavy (non-hydrogen) atoms. The molecule has 2 N–H and O–H groups in total. The molecular weight excluding hydrogens is 222 g/mol. The molecule has 0 unspecified atom stereocenters. The van der Waals surface area contributed by atoms with Gasteiger partial charge in [0, 0.05) is 6.54 Å². The summed E-state index contributed by atoms with van der Waals surface area (Å²) in [5.74, 6) is -0.879. The Bertz CT molecular complexity index is 291. The van der Waals surface area contributed by atoms with Crippen molar-refractivity contribution >= 4 is 12.1 Å². The number of hydrogen-bond acceptors (Lipinski definition) is 3. The second kappa shape index (κ2) is 6.93. The Kier molecular flexibility index (Phi) is 6.31. The number of rotatable bonds is 5. The summed E-state index contributed by atoms with van der Waals surface area (Å²) in [5.41, 5.74) is -0.510. The normalized spacial score (nSPS) is 13.4. The van der Waals surface area contributed by atoms with E-state index < -0.39 is 17.7 Å². The summed E-state index contributed by atoms with van der Waals surface area (Å²) in [6.45, 7) is 7.50. The van der Waals surface area contributed by atoms with Gasteiger partial charge in [0.25, 0.3) is 0 Å². The predicted octanol–water partition coefficient (Wildman–Crippen LogP) is 2.18. The van der Waals surface area contributed by atoms with Gasteiger partial charge in [-0.15, -0.1) is 0 Å². The Hall–Kier alpha value is -1.52. The lowest BCUT2D eigenvalue weighted by molar-refractivity contribution is -0.137. The lowest BCUT2D eigenvalue weighted by Gasteiger charge is -2.19. The minimum Gasteiger partial charge on any atom is -0.481 e. The molecule has 0 saturated heterocycles. The van der Waals surface area contributed by atoms with E-state index in [1.807, 2.05) is 0 Å². The number of allylic oxidation sites excluding steroid dienone is 1. The average molecular weight is 243 g/mol. The lowest BCUT2D eigenvalue weighted by Crippen LogP contribution is -2.32. The van der Waals surface area contributed by atoms with Gasteiger partial charge in [-0.1, -0.05) is 19.1 Å². The fourth-order valence-electron chi connectivity index (χ4n) is 1.10. The zero-order valence-corrected chi connectivity index (χ0v) is 10.8. The highest BCUT2D eigenvalue weighted by Crippen LogP contribution is 2.06. The smallest absolute Gasteiger partial charge is 0.407 e. The van der Waals surface area contributed by atoms with Gasteiger partial charge in [0.05, 0.1) is 6.42 Å². The number of hydrogen-bond donors (Lipinski definition) is 2. The van der Waals surface area contributed by atoms with Gasteiger partial charge < -0.3 is 15.2 Å². The molecule has 0 saturated carbocycles. The standard InChI is InChI=1S/C12H21NO4/c1-9(8-10(14)15)6-5-7-13-11(16)17-12(2,3)4/h5-6,9H,7-8H2,1-4H3,(H,13,16)(H,14,15)/b6-5+/t9-/m0/s1.